The van der Waals surface area contributed by atoms with E-state index in [0.717, 1.165) is 0 Å². The Hall–Kier alpha value is -3.35. The van der Waals surface area contributed by atoms with Gasteiger partial charge in [-0.05, 0) is 25.1 Å². The first-order valence-electron chi connectivity index (χ1n) is 7.33. The number of hydrogen-bond donors (Lipinski definition) is 2. The van der Waals surface area contributed by atoms with Gasteiger partial charge in [-0.15, -0.1) is 0 Å². The molecule has 0 saturated carbocycles. The van der Waals surface area contributed by atoms with Crippen molar-refractivity contribution in [2.45, 2.75) is 13.5 Å². The monoisotopic (exact) mass is 324 g/mol. The number of benzene rings is 1. The number of rotatable bonds is 5. The average molecular weight is 324 g/mol. The molecule has 0 spiro atoms. The molecule has 0 aliphatic heterocycles. The van der Waals surface area contributed by atoms with Crippen LogP contribution in [0, 0.1) is 6.92 Å². The summed E-state index contributed by atoms with van der Waals surface area (Å²) in [6.45, 7) is 2.07. The maximum atomic E-state index is 11.9. The van der Waals surface area contributed by atoms with Crippen molar-refractivity contribution in [3.05, 3.63) is 66.5 Å². The van der Waals surface area contributed by atoms with Crippen LogP contribution in [0.3, 0.4) is 0 Å². The minimum Gasteiger partial charge on any atom is -0.448 e. The minimum atomic E-state index is -0.353. The molecule has 0 unspecified atom stereocenters. The van der Waals surface area contributed by atoms with Gasteiger partial charge in [-0.3, -0.25) is 0 Å². The molecule has 2 aromatic heterocycles. The van der Waals surface area contributed by atoms with Gasteiger partial charge in [0.2, 0.25) is 5.88 Å². The van der Waals surface area contributed by atoms with Crippen molar-refractivity contribution in [3.8, 4) is 11.6 Å². The molecule has 2 heterocycles. The lowest BCUT2D eigenvalue weighted by Crippen LogP contribution is -2.28. The van der Waals surface area contributed by atoms with Gasteiger partial charge >= 0.3 is 6.03 Å². The molecule has 7 nitrogen and oxygen atoms in total. The molecule has 3 aromatic rings. The Bertz CT molecular complexity index is 817. The summed E-state index contributed by atoms with van der Waals surface area (Å²) >= 11 is 0. The number of amides is 2. The van der Waals surface area contributed by atoms with Gasteiger partial charge in [0.05, 0.1) is 6.54 Å². The van der Waals surface area contributed by atoms with Gasteiger partial charge in [0, 0.05) is 18.0 Å². The van der Waals surface area contributed by atoms with Crippen LogP contribution in [0.5, 0.6) is 11.6 Å². The van der Waals surface area contributed by atoms with Crippen molar-refractivity contribution in [1.82, 2.24) is 15.3 Å². The summed E-state index contributed by atoms with van der Waals surface area (Å²) in [5.41, 5.74) is 1.26. The molecule has 2 N–H and O–H groups in total. The summed E-state index contributed by atoms with van der Waals surface area (Å²) in [5, 5.41) is 5.43. The van der Waals surface area contributed by atoms with Crippen molar-refractivity contribution in [3.63, 3.8) is 0 Å². The fraction of sp³-hybridized carbons (Fsp3) is 0.118. The van der Waals surface area contributed by atoms with Crippen molar-refractivity contribution >= 4 is 11.7 Å². The molecular weight excluding hydrogens is 308 g/mol. The van der Waals surface area contributed by atoms with E-state index in [2.05, 4.69) is 20.6 Å². The third kappa shape index (κ3) is 4.10. The Morgan fingerprint density at radius 2 is 2.04 bits per heavy atom. The molecule has 0 radical (unpaired) electrons. The normalized spacial score (nSPS) is 10.2. The fourth-order valence-electron chi connectivity index (χ4n) is 1.99. The number of aromatic nitrogens is 2. The van der Waals surface area contributed by atoms with E-state index in [4.69, 9.17) is 9.15 Å². The third-order valence-corrected chi connectivity index (χ3v) is 3.22. The zero-order chi connectivity index (χ0) is 16.8. The van der Waals surface area contributed by atoms with E-state index >= 15 is 0 Å². The lowest BCUT2D eigenvalue weighted by Gasteiger charge is -2.09. The molecule has 0 aliphatic carbocycles. The highest BCUT2D eigenvalue weighted by Gasteiger charge is 2.07. The van der Waals surface area contributed by atoms with E-state index in [1.54, 1.807) is 25.3 Å². The Morgan fingerprint density at radius 1 is 1.21 bits per heavy atom. The zero-order valence-electron chi connectivity index (χ0n) is 13.0. The first-order chi connectivity index (χ1) is 11.7. The van der Waals surface area contributed by atoms with Crippen LogP contribution in [-0.4, -0.2) is 16.0 Å². The highest BCUT2D eigenvalue weighted by molar-refractivity contribution is 5.89. The number of ether oxygens (including phenoxy) is 1. The summed E-state index contributed by atoms with van der Waals surface area (Å²) in [6, 6.07) is 12.3. The second-order valence-corrected chi connectivity index (χ2v) is 4.96. The minimum absolute atomic E-state index is 0.284. The molecule has 24 heavy (non-hydrogen) atoms. The standard InChI is InChI=1S/C17H16N4O3/c1-12-15(20-11-23-12)10-19-17(22)21-13-7-8-18-16(9-13)24-14-5-3-2-4-6-14/h2-9,11H,10H2,1H3,(H2,18,19,21,22). The quantitative estimate of drug-likeness (QED) is 0.750. The molecule has 0 bridgehead atoms. The molecular formula is C17H16N4O3. The smallest absolute Gasteiger partial charge is 0.319 e. The summed E-state index contributed by atoms with van der Waals surface area (Å²) in [7, 11) is 0. The second-order valence-electron chi connectivity index (χ2n) is 4.96. The molecule has 1 aromatic carbocycles. The summed E-state index contributed by atoms with van der Waals surface area (Å²) in [5.74, 6) is 1.75. The first kappa shape index (κ1) is 15.5. The fourth-order valence-corrected chi connectivity index (χ4v) is 1.99. The highest BCUT2D eigenvalue weighted by atomic mass is 16.5. The Kier molecular flexibility index (Phi) is 4.71. The van der Waals surface area contributed by atoms with Crippen molar-refractivity contribution in [1.29, 1.82) is 0 Å². The van der Waals surface area contributed by atoms with Gasteiger partial charge in [0.25, 0.3) is 0 Å². The number of hydrogen-bond acceptors (Lipinski definition) is 5. The molecule has 0 fully saturated rings. The molecule has 122 valence electrons. The predicted molar refractivity (Wildman–Crippen MR) is 87.9 cm³/mol. The van der Waals surface area contributed by atoms with E-state index in [9.17, 15) is 4.79 Å². The number of oxazole rings is 1. The molecule has 0 atom stereocenters. The van der Waals surface area contributed by atoms with Gasteiger partial charge in [-0.2, -0.15) is 0 Å². The van der Waals surface area contributed by atoms with E-state index in [-0.39, 0.29) is 12.6 Å². The lowest BCUT2D eigenvalue weighted by molar-refractivity contribution is 0.251. The van der Waals surface area contributed by atoms with Crippen LogP contribution in [0.4, 0.5) is 10.5 Å². The van der Waals surface area contributed by atoms with Crippen LogP contribution >= 0.6 is 0 Å². The van der Waals surface area contributed by atoms with E-state index in [0.29, 0.717) is 28.8 Å². The number of aryl methyl sites for hydroxylation is 1. The molecule has 0 saturated heterocycles. The van der Waals surface area contributed by atoms with Crippen LogP contribution in [-0.2, 0) is 6.54 Å². The Morgan fingerprint density at radius 3 is 2.79 bits per heavy atom. The van der Waals surface area contributed by atoms with Gasteiger partial charge in [0.1, 0.15) is 17.2 Å². The number of carbonyl (C=O) groups excluding carboxylic acids is 1. The van der Waals surface area contributed by atoms with Crippen LogP contribution < -0.4 is 15.4 Å². The van der Waals surface area contributed by atoms with Crippen LogP contribution in [0.2, 0.25) is 0 Å². The third-order valence-electron chi connectivity index (χ3n) is 3.22. The van der Waals surface area contributed by atoms with Crippen LogP contribution in [0.15, 0.2) is 59.5 Å². The van der Waals surface area contributed by atoms with E-state index in [1.165, 1.54) is 6.39 Å². The number of carbonyl (C=O) groups is 1. The summed E-state index contributed by atoms with van der Waals surface area (Å²) in [6.07, 6.45) is 2.91. The van der Waals surface area contributed by atoms with Gasteiger partial charge < -0.3 is 19.8 Å². The lowest BCUT2D eigenvalue weighted by atomic mass is 10.3. The van der Waals surface area contributed by atoms with Gasteiger partial charge in [-0.1, -0.05) is 18.2 Å². The first-order valence-corrected chi connectivity index (χ1v) is 7.33. The van der Waals surface area contributed by atoms with Crippen LogP contribution in [0.1, 0.15) is 11.5 Å². The Labute approximate surface area is 138 Å². The number of pyridine rings is 1. The zero-order valence-corrected chi connectivity index (χ0v) is 13.0. The average Bonchev–Trinajstić information content (AvgIpc) is 2.99. The Balaban J connectivity index is 1.58. The number of nitrogens with zero attached hydrogens (tertiary/aromatic N) is 2. The topological polar surface area (TPSA) is 89.3 Å². The SMILES string of the molecule is Cc1ocnc1CNC(=O)Nc1ccnc(Oc2ccccc2)c1. The van der Waals surface area contributed by atoms with Crippen molar-refractivity contribution < 1.29 is 13.9 Å². The van der Waals surface area contributed by atoms with Crippen LogP contribution in [0.25, 0.3) is 0 Å². The maximum Gasteiger partial charge on any atom is 0.319 e. The molecule has 2 amide bonds. The summed E-state index contributed by atoms with van der Waals surface area (Å²) in [4.78, 5) is 20.1. The predicted octanol–water partition coefficient (Wildman–Crippen LogP) is 3.49. The maximum absolute atomic E-state index is 11.9. The van der Waals surface area contributed by atoms with Crippen molar-refractivity contribution in [2.24, 2.45) is 0 Å². The number of para-hydroxylation sites is 1. The number of anilines is 1. The molecule has 0 aliphatic rings. The summed E-state index contributed by atoms with van der Waals surface area (Å²) < 4.78 is 10.7. The van der Waals surface area contributed by atoms with Crippen molar-refractivity contribution in [2.75, 3.05) is 5.32 Å². The molecule has 3 rings (SSSR count). The second kappa shape index (κ2) is 7.28. The van der Waals surface area contributed by atoms with Gasteiger partial charge in [0.15, 0.2) is 6.39 Å². The van der Waals surface area contributed by atoms with E-state index in [1.807, 2.05) is 30.3 Å². The van der Waals surface area contributed by atoms with Gasteiger partial charge in [-0.25, -0.2) is 14.8 Å². The molecule has 7 heteroatoms. The largest absolute Gasteiger partial charge is 0.448 e. The van der Waals surface area contributed by atoms with E-state index < -0.39 is 0 Å². The number of nitrogens with one attached hydrogen (secondary N) is 2. The number of urea groups is 1. The highest BCUT2D eigenvalue weighted by Crippen LogP contribution is 2.21.